The van der Waals surface area contributed by atoms with E-state index in [2.05, 4.69) is 26.1 Å². The number of thiophene rings is 1. The van der Waals surface area contributed by atoms with Crippen LogP contribution >= 0.6 is 11.3 Å². The van der Waals surface area contributed by atoms with Crippen molar-refractivity contribution in [3.05, 3.63) is 45.1 Å². The highest BCUT2D eigenvalue weighted by molar-refractivity contribution is 7.17. The molecule has 0 radical (unpaired) electrons. The molecule has 132 valence electrons. The number of hydrogen-bond acceptors (Lipinski definition) is 6. The fraction of sp³-hybridized carbons (Fsp3) is 0.500. The van der Waals surface area contributed by atoms with Crippen molar-refractivity contribution < 1.29 is 4.52 Å². The average Bonchev–Trinajstić information content (AvgIpc) is 3.25. The van der Waals surface area contributed by atoms with Crippen molar-refractivity contribution >= 4 is 21.6 Å². The predicted molar refractivity (Wildman–Crippen MR) is 97.7 cm³/mol. The van der Waals surface area contributed by atoms with Crippen molar-refractivity contribution in [2.45, 2.75) is 51.1 Å². The van der Waals surface area contributed by atoms with Crippen LogP contribution in [0.2, 0.25) is 0 Å². The Morgan fingerprint density at radius 1 is 1.32 bits per heavy atom. The molecular formula is C18H22N4O2S. The molecule has 6 nitrogen and oxygen atoms in total. The highest BCUT2D eigenvalue weighted by atomic mass is 32.1. The number of aromatic nitrogens is 3. The first-order valence-corrected chi connectivity index (χ1v) is 9.67. The molecule has 0 unspecified atom stereocenters. The summed E-state index contributed by atoms with van der Waals surface area (Å²) in [4.78, 5) is 21.5. The molecule has 0 aromatic carbocycles. The van der Waals surface area contributed by atoms with Gasteiger partial charge in [0.1, 0.15) is 10.5 Å². The summed E-state index contributed by atoms with van der Waals surface area (Å²) in [6.07, 6.45) is 6.35. The molecular weight excluding hydrogens is 336 g/mol. The summed E-state index contributed by atoms with van der Waals surface area (Å²) in [7, 11) is 1.99. The van der Waals surface area contributed by atoms with Gasteiger partial charge in [-0.25, -0.2) is 4.98 Å². The largest absolute Gasteiger partial charge is 0.360 e. The molecule has 0 atom stereocenters. The highest BCUT2D eigenvalue weighted by Gasteiger charge is 2.19. The number of nitrogens with zero attached hydrogens (tertiary/aromatic N) is 3. The van der Waals surface area contributed by atoms with E-state index >= 15 is 0 Å². The molecule has 0 aliphatic heterocycles. The van der Waals surface area contributed by atoms with Gasteiger partial charge in [0.2, 0.25) is 0 Å². The van der Waals surface area contributed by atoms with Crippen LogP contribution in [-0.2, 0) is 13.1 Å². The van der Waals surface area contributed by atoms with Crippen molar-refractivity contribution in [3.63, 3.8) is 0 Å². The number of H-pyrrole nitrogens is 1. The maximum atomic E-state index is 12.0. The van der Waals surface area contributed by atoms with Gasteiger partial charge in [-0.3, -0.25) is 9.69 Å². The molecule has 3 aromatic heterocycles. The monoisotopic (exact) mass is 358 g/mol. The minimum atomic E-state index is -0.0670. The molecule has 0 bridgehead atoms. The van der Waals surface area contributed by atoms with E-state index in [9.17, 15) is 4.79 Å². The second kappa shape index (κ2) is 7.09. The fourth-order valence-corrected chi connectivity index (χ4v) is 4.29. The Morgan fingerprint density at radius 2 is 2.16 bits per heavy atom. The zero-order chi connectivity index (χ0) is 17.2. The van der Waals surface area contributed by atoms with Crippen molar-refractivity contribution in [2.75, 3.05) is 7.05 Å². The second-order valence-electron chi connectivity index (χ2n) is 6.87. The number of aromatic amines is 1. The first-order chi connectivity index (χ1) is 12.2. The maximum absolute atomic E-state index is 12.0. The lowest BCUT2D eigenvalue weighted by molar-refractivity contribution is 0.259. The summed E-state index contributed by atoms with van der Waals surface area (Å²) < 4.78 is 6.20. The van der Waals surface area contributed by atoms with Gasteiger partial charge in [-0.05, 0) is 31.3 Å². The van der Waals surface area contributed by atoms with E-state index in [0.29, 0.717) is 29.5 Å². The zero-order valence-corrected chi connectivity index (χ0v) is 15.1. The molecule has 3 aromatic rings. The molecule has 3 heterocycles. The Kier molecular flexibility index (Phi) is 4.67. The lowest BCUT2D eigenvalue weighted by atomic mass is 9.87. The summed E-state index contributed by atoms with van der Waals surface area (Å²) >= 11 is 1.42. The molecule has 0 spiro atoms. The Bertz CT molecular complexity index is 907. The van der Waals surface area contributed by atoms with Gasteiger partial charge in [-0.1, -0.05) is 24.4 Å². The topological polar surface area (TPSA) is 75.0 Å². The van der Waals surface area contributed by atoms with Gasteiger partial charge in [0, 0.05) is 12.0 Å². The normalized spacial score (nSPS) is 16.1. The van der Waals surface area contributed by atoms with E-state index in [1.807, 2.05) is 18.5 Å². The summed E-state index contributed by atoms with van der Waals surface area (Å²) in [6.45, 7) is 1.20. The SMILES string of the molecule is CN(Cc1nc2ccsc2c(=O)[nH]1)Cc1cc(C2CCCCC2)no1. The van der Waals surface area contributed by atoms with Crippen LogP contribution in [0.5, 0.6) is 0 Å². The van der Waals surface area contributed by atoms with Crippen LogP contribution < -0.4 is 5.56 Å². The van der Waals surface area contributed by atoms with E-state index in [4.69, 9.17) is 4.52 Å². The van der Waals surface area contributed by atoms with Gasteiger partial charge in [-0.2, -0.15) is 0 Å². The van der Waals surface area contributed by atoms with Gasteiger partial charge < -0.3 is 9.51 Å². The standard InChI is InChI=1S/C18H22N4O2S/c1-22(11-16-19-14-7-8-25-17(14)18(23)20-16)10-13-9-15(21-24-13)12-5-3-2-4-6-12/h7-9,12H,2-6,10-11H2,1H3,(H,19,20,23). The van der Waals surface area contributed by atoms with E-state index in [1.54, 1.807) is 0 Å². The third kappa shape index (κ3) is 3.67. The molecule has 1 aliphatic rings. The van der Waals surface area contributed by atoms with Crippen molar-refractivity contribution in [1.82, 2.24) is 20.0 Å². The van der Waals surface area contributed by atoms with Gasteiger partial charge in [0.05, 0.1) is 24.3 Å². The van der Waals surface area contributed by atoms with Crippen LogP contribution in [0.4, 0.5) is 0 Å². The molecule has 1 saturated carbocycles. The molecule has 1 fully saturated rings. The van der Waals surface area contributed by atoms with Crippen LogP contribution in [0.1, 0.15) is 55.3 Å². The summed E-state index contributed by atoms with van der Waals surface area (Å²) in [5, 5.41) is 6.16. The lowest BCUT2D eigenvalue weighted by Crippen LogP contribution is -2.21. The minimum Gasteiger partial charge on any atom is -0.360 e. The Morgan fingerprint density at radius 3 is 3.00 bits per heavy atom. The minimum absolute atomic E-state index is 0.0670. The fourth-order valence-electron chi connectivity index (χ4n) is 3.57. The quantitative estimate of drug-likeness (QED) is 0.753. The molecule has 7 heteroatoms. The van der Waals surface area contributed by atoms with Gasteiger partial charge in [0.15, 0.2) is 5.76 Å². The van der Waals surface area contributed by atoms with Crippen molar-refractivity contribution in [3.8, 4) is 0 Å². The zero-order valence-electron chi connectivity index (χ0n) is 14.3. The molecule has 25 heavy (non-hydrogen) atoms. The Labute approximate surface area is 149 Å². The Hall–Kier alpha value is -1.99. The van der Waals surface area contributed by atoms with E-state index < -0.39 is 0 Å². The molecule has 0 saturated heterocycles. The Balaban J connectivity index is 1.42. The first kappa shape index (κ1) is 16.5. The third-order valence-corrected chi connectivity index (χ3v) is 5.71. The average molecular weight is 358 g/mol. The number of hydrogen-bond donors (Lipinski definition) is 1. The predicted octanol–water partition coefficient (Wildman–Crippen LogP) is 3.65. The van der Waals surface area contributed by atoms with Crippen molar-refractivity contribution in [1.29, 1.82) is 0 Å². The summed E-state index contributed by atoms with van der Waals surface area (Å²) in [5.41, 5.74) is 1.79. The second-order valence-corrected chi connectivity index (χ2v) is 7.79. The molecule has 1 aliphatic carbocycles. The highest BCUT2D eigenvalue weighted by Crippen LogP contribution is 2.32. The number of nitrogens with one attached hydrogen (secondary N) is 1. The van der Waals surface area contributed by atoms with Crippen LogP contribution in [0.25, 0.3) is 10.2 Å². The number of fused-ring (bicyclic) bond motifs is 1. The van der Waals surface area contributed by atoms with E-state index in [1.165, 1.54) is 43.4 Å². The van der Waals surface area contributed by atoms with Crippen LogP contribution in [-0.4, -0.2) is 27.1 Å². The molecule has 0 amide bonds. The molecule has 1 N–H and O–H groups in total. The summed E-state index contributed by atoms with van der Waals surface area (Å²) in [6, 6.07) is 3.97. The van der Waals surface area contributed by atoms with Gasteiger partial charge in [-0.15, -0.1) is 11.3 Å². The van der Waals surface area contributed by atoms with Crippen LogP contribution in [0, 0.1) is 0 Å². The van der Waals surface area contributed by atoms with E-state index in [0.717, 1.165) is 17.0 Å². The van der Waals surface area contributed by atoms with Gasteiger partial charge in [0.25, 0.3) is 5.56 Å². The maximum Gasteiger partial charge on any atom is 0.268 e. The van der Waals surface area contributed by atoms with E-state index in [-0.39, 0.29) is 5.56 Å². The number of rotatable bonds is 5. The van der Waals surface area contributed by atoms with Crippen molar-refractivity contribution in [2.24, 2.45) is 0 Å². The lowest BCUT2D eigenvalue weighted by Gasteiger charge is -2.18. The third-order valence-electron chi connectivity index (χ3n) is 4.81. The first-order valence-electron chi connectivity index (χ1n) is 8.79. The smallest absolute Gasteiger partial charge is 0.268 e. The molecule has 4 rings (SSSR count). The van der Waals surface area contributed by atoms with Gasteiger partial charge >= 0.3 is 0 Å². The van der Waals surface area contributed by atoms with Crippen LogP contribution in [0.15, 0.2) is 26.8 Å². The summed E-state index contributed by atoms with van der Waals surface area (Å²) in [5.74, 6) is 2.09. The van der Waals surface area contributed by atoms with Crippen LogP contribution in [0.3, 0.4) is 0 Å².